The number of aryl methyl sites for hydroxylation is 2. The van der Waals surface area contributed by atoms with Gasteiger partial charge in [-0.25, -0.2) is 0 Å². The molecule has 3 N–H and O–H groups in total. The molecule has 3 nitrogen and oxygen atoms in total. The van der Waals surface area contributed by atoms with Crippen molar-refractivity contribution in [3.8, 4) is 0 Å². The maximum absolute atomic E-state index is 5.79. The van der Waals surface area contributed by atoms with Crippen LogP contribution in [0, 0.1) is 13.8 Å². The third-order valence-electron chi connectivity index (χ3n) is 3.28. The van der Waals surface area contributed by atoms with Gasteiger partial charge in [-0.1, -0.05) is 18.2 Å². The first kappa shape index (κ1) is 12.9. The first-order valence-corrected chi connectivity index (χ1v) is 7.10. The van der Waals surface area contributed by atoms with E-state index in [9.17, 15) is 0 Å². The van der Waals surface area contributed by atoms with Crippen LogP contribution in [0.25, 0.3) is 0 Å². The molecule has 1 saturated heterocycles. The molecule has 0 amide bonds. The average molecular weight is 252 g/mol. The van der Waals surface area contributed by atoms with Gasteiger partial charge in [-0.05, 0) is 30.5 Å². The molecule has 0 aromatic heterocycles. The predicted molar refractivity (Wildman–Crippen MR) is 73.0 cm³/mol. The number of nitrogens with two attached hydrogens (primary N) is 1. The average Bonchev–Trinajstić information content (AvgIpc) is 2.36. The maximum Gasteiger partial charge on any atom is 0.0873 e. The molecule has 2 atom stereocenters. The molecule has 17 heavy (non-hydrogen) atoms. The van der Waals surface area contributed by atoms with Crippen LogP contribution in [0.5, 0.6) is 0 Å². The third kappa shape index (κ3) is 3.01. The summed E-state index contributed by atoms with van der Waals surface area (Å²) >= 11 is 1.93. The van der Waals surface area contributed by atoms with Gasteiger partial charge < -0.3 is 4.74 Å². The Morgan fingerprint density at radius 1 is 1.41 bits per heavy atom. The van der Waals surface area contributed by atoms with Crippen molar-refractivity contribution in [3.63, 3.8) is 0 Å². The second kappa shape index (κ2) is 5.87. The van der Waals surface area contributed by atoms with Gasteiger partial charge in [0.25, 0.3) is 0 Å². The molecule has 1 heterocycles. The summed E-state index contributed by atoms with van der Waals surface area (Å²) in [5.74, 6) is 7.77. The molecule has 1 aromatic carbocycles. The van der Waals surface area contributed by atoms with E-state index in [0.29, 0.717) is 0 Å². The number of benzene rings is 1. The fraction of sp³-hybridized carbons (Fsp3) is 0.538. The summed E-state index contributed by atoms with van der Waals surface area (Å²) in [6.07, 6.45) is 0.167. The molecule has 0 radical (unpaired) electrons. The van der Waals surface area contributed by atoms with Gasteiger partial charge in [0.2, 0.25) is 0 Å². The van der Waals surface area contributed by atoms with Crippen LogP contribution in [0.15, 0.2) is 18.2 Å². The Bertz CT molecular complexity index is 378. The number of hydrogen-bond donors (Lipinski definition) is 2. The van der Waals surface area contributed by atoms with Crippen LogP contribution in [0.4, 0.5) is 0 Å². The predicted octanol–water partition coefficient (Wildman–Crippen LogP) is 1.94. The van der Waals surface area contributed by atoms with E-state index in [2.05, 4.69) is 37.5 Å². The SMILES string of the molecule is Cc1ccc(C(NN)C2CSCCO2)cc1C. The molecule has 1 fully saturated rings. The van der Waals surface area contributed by atoms with Crippen LogP contribution >= 0.6 is 11.8 Å². The smallest absolute Gasteiger partial charge is 0.0873 e. The van der Waals surface area contributed by atoms with Gasteiger partial charge >= 0.3 is 0 Å². The second-order valence-electron chi connectivity index (χ2n) is 4.47. The topological polar surface area (TPSA) is 47.3 Å². The zero-order chi connectivity index (χ0) is 12.3. The third-order valence-corrected chi connectivity index (χ3v) is 4.30. The molecule has 1 aliphatic heterocycles. The molecule has 1 aromatic rings. The highest BCUT2D eigenvalue weighted by Crippen LogP contribution is 2.26. The van der Waals surface area contributed by atoms with Crippen LogP contribution in [0.3, 0.4) is 0 Å². The number of nitrogens with one attached hydrogen (secondary N) is 1. The molecule has 0 spiro atoms. The summed E-state index contributed by atoms with van der Waals surface area (Å²) in [5, 5.41) is 0. The first-order valence-electron chi connectivity index (χ1n) is 5.95. The van der Waals surface area contributed by atoms with Crippen LogP contribution in [0.2, 0.25) is 0 Å². The lowest BCUT2D eigenvalue weighted by molar-refractivity contribution is 0.0468. The fourth-order valence-electron chi connectivity index (χ4n) is 2.07. The zero-order valence-electron chi connectivity index (χ0n) is 10.4. The highest BCUT2D eigenvalue weighted by atomic mass is 32.2. The van der Waals surface area contributed by atoms with Crippen molar-refractivity contribution in [1.29, 1.82) is 0 Å². The summed E-state index contributed by atoms with van der Waals surface area (Å²) in [4.78, 5) is 0. The van der Waals surface area contributed by atoms with Crippen molar-refractivity contribution in [2.45, 2.75) is 26.0 Å². The standard InChI is InChI=1S/C13H20N2OS/c1-9-3-4-11(7-10(9)2)13(15-14)12-8-17-6-5-16-12/h3-4,7,12-13,15H,5-6,8,14H2,1-2H3. The van der Waals surface area contributed by atoms with Crippen molar-refractivity contribution in [2.75, 3.05) is 18.1 Å². The Morgan fingerprint density at radius 3 is 2.82 bits per heavy atom. The molecule has 2 rings (SSSR count). The number of thioether (sulfide) groups is 1. The van der Waals surface area contributed by atoms with Crippen molar-refractivity contribution < 1.29 is 4.74 Å². The van der Waals surface area contributed by atoms with Crippen molar-refractivity contribution in [1.82, 2.24) is 5.43 Å². The summed E-state index contributed by atoms with van der Waals surface area (Å²) in [6, 6.07) is 6.56. The van der Waals surface area contributed by atoms with Crippen LogP contribution in [0.1, 0.15) is 22.7 Å². The fourth-order valence-corrected chi connectivity index (χ4v) is 2.98. The summed E-state index contributed by atoms with van der Waals surface area (Å²) in [7, 11) is 0. The Balaban J connectivity index is 2.18. The molecule has 94 valence electrons. The van der Waals surface area contributed by atoms with Crippen molar-refractivity contribution >= 4 is 11.8 Å². The van der Waals surface area contributed by atoms with E-state index in [1.165, 1.54) is 16.7 Å². The zero-order valence-corrected chi connectivity index (χ0v) is 11.2. The number of rotatable bonds is 3. The van der Waals surface area contributed by atoms with E-state index in [1.807, 2.05) is 11.8 Å². The molecule has 0 bridgehead atoms. The van der Waals surface area contributed by atoms with Gasteiger partial charge in [-0.15, -0.1) is 0 Å². The Labute approximate surface area is 107 Å². The van der Waals surface area contributed by atoms with E-state index in [0.717, 1.165) is 18.1 Å². The lowest BCUT2D eigenvalue weighted by atomic mass is 9.98. The summed E-state index contributed by atoms with van der Waals surface area (Å²) < 4.78 is 5.79. The van der Waals surface area contributed by atoms with E-state index in [1.54, 1.807) is 0 Å². The number of ether oxygens (including phenoxy) is 1. The highest BCUT2D eigenvalue weighted by molar-refractivity contribution is 7.99. The molecule has 0 saturated carbocycles. The van der Waals surface area contributed by atoms with Gasteiger partial charge in [0.1, 0.15) is 0 Å². The Hall–Kier alpha value is -0.550. The lowest BCUT2D eigenvalue weighted by Gasteiger charge is -2.30. The minimum Gasteiger partial charge on any atom is -0.374 e. The van der Waals surface area contributed by atoms with Gasteiger partial charge in [0.05, 0.1) is 18.8 Å². The largest absolute Gasteiger partial charge is 0.374 e. The highest BCUT2D eigenvalue weighted by Gasteiger charge is 2.25. The molecular weight excluding hydrogens is 232 g/mol. The molecule has 4 heteroatoms. The van der Waals surface area contributed by atoms with Crippen molar-refractivity contribution in [3.05, 3.63) is 34.9 Å². The van der Waals surface area contributed by atoms with Crippen molar-refractivity contribution in [2.24, 2.45) is 5.84 Å². The summed E-state index contributed by atoms with van der Waals surface area (Å²) in [5.41, 5.74) is 6.71. The number of hydrazine groups is 1. The monoisotopic (exact) mass is 252 g/mol. The van der Waals surface area contributed by atoms with Crippen LogP contribution in [-0.2, 0) is 4.74 Å². The summed E-state index contributed by atoms with van der Waals surface area (Å²) in [6.45, 7) is 5.07. The maximum atomic E-state index is 5.79. The van der Waals surface area contributed by atoms with E-state index < -0.39 is 0 Å². The molecule has 1 aliphatic rings. The minimum absolute atomic E-state index is 0.0853. The van der Waals surface area contributed by atoms with E-state index in [-0.39, 0.29) is 12.1 Å². The van der Waals surface area contributed by atoms with Gasteiger partial charge in [0.15, 0.2) is 0 Å². The molecule has 2 unspecified atom stereocenters. The van der Waals surface area contributed by atoms with Gasteiger partial charge in [-0.2, -0.15) is 11.8 Å². The lowest BCUT2D eigenvalue weighted by Crippen LogP contribution is -2.41. The second-order valence-corrected chi connectivity index (χ2v) is 5.62. The van der Waals surface area contributed by atoms with Gasteiger partial charge in [0, 0.05) is 11.5 Å². The van der Waals surface area contributed by atoms with E-state index in [4.69, 9.17) is 10.6 Å². The number of hydrogen-bond acceptors (Lipinski definition) is 4. The van der Waals surface area contributed by atoms with Gasteiger partial charge in [-0.3, -0.25) is 11.3 Å². The first-order chi connectivity index (χ1) is 8.22. The quantitative estimate of drug-likeness (QED) is 0.637. The Kier molecular flexibility index (Phi) is 4.45. The molecular formula is C13H20N2OS. The van der Waals surface area contributed by atoms with Crippen LogP contribution in [-0.4, -0.2) is 24.2 Å². The normalized spacial score (nSPS) is 22.4. The van der Waals surface area contributed by atoms with Crippen LogP contribution < -0.4 is 11.3 Å². The Morgan fingerprint density at radius 2 is 2.24 bits per heavy atom. The van der Waals surface area contributed by atoms with E-state index >= 15 is 0 Å². The minimum atomic E-state index is 0.0853. The molecule has 0 aliphatic carbocycles.